The van der Waals surface area contributed by atoms with Gasteiger partial charge in [-0.05, 0) is 18.8 Å². The average molecular weight is 189 g/mol. The van der Waals surface area contributed by atoms with E-state index in [-0.39, 0.29) is 5.92 Å². The van der Waals surface area contributed by atoms with Crippen molar-refractivity contribution < 1.29 is 14.3 Å². The number of alkyl halides is 1. The first-order valence-corrected chi connectivity index (χ1v) is 4.75. The lowest BCUT2D eigenvalue weighted by atomic mass is 9.83. The number of hydrogen-bond acceptors (Lipinski definition) is 2. The van der Waals surface area contributed by atoms with Gasteiger partial charge in [-0.1, -0.05) is 19.3 Å². The quantitative estimate of drug-likeness (QED) is 0.703. The van der Waals surface area contributed by atoms with Crippen LogP contribution in [-0.4, -0.2) is 23.3 Å². The fourth-order valence-corrected chi connectivity index (χ4v) is 1.88. The smallest absolute Gasteiger partial charge is 0.323 e. The molecule has 0 aromatic rings. The Morgan fingerprint density at radius 2 is 1.92 bits per heavy atom. The van der Waals surface area contributed by atoms with E-state index in [2.05, 4.69) is 0 Å². The summed E-state index contributed by atoms with van der Waals surface area (Å²) in [5.74, 6) is -1.38. The van der Waals surface area contributed by atoms with Crippen molar-refractivity contribution in [3.63, 3.8) is 0 Å². The van der Waals surface area contributed by atoms with Crippen LogP contribution in [0.3, 0.4) is 0 Å². The molecule has 0 heterocycles. The van der Waals surface area contributed by atoms with Crippen molar-refractivity contribution in [2.24, 2.45) is 11.7 Å². The third-order valence-electron chi connectivity index (χ3n) is 2.73. The number of hydrogen-bond donors (Lipinski definition) is 2. The highest BCUT2D eigenvalue weighted by atomic mass is 19.1. The molecule has 76 valence electrons. The number of carbonyl (C=O) groups is 1. The van der Waals surface area contributed by atoms with E-state index < -0.39 is 18.2 Å². The monoisotopic (exact) mass is 189 g/mol. The number of nitrogens with two attached hydrogens (primary N) is 1. The van der Waals surface area contributed by atoms with Crippen LogP contribution in [0.2, 0.25) is 0 Å². The Morgan fingerprint density at radius 1 is 1.38 bits per heavy atom. The second-order valence-corrected chi connectivity index (χ2v) is 3.71. The number of rotatable bonds is 3. The maximum absolute atomic E-state index is 13.4. The maximum Gasteiger partial charge on any atom is 0.323 e. The van der Waals surface area contributed by atoms with Crippen molar-refractivity contribution in [3.8, 4) is 0 Å². The van der Waals surface area contributed by atoms with E-state index in [9.17, 15) is 9.18 Å². The Balaban J connectivity index is 2.44. The molecule has 2 unspecified atom stereocenters. The molecule has 1 saturated carbocycles. The lowest BCUT2D eigenvalue weighted by Gasteiger charge is -2.26. The van der Waals surface area contributed by atoms with Gasteiger partial charge in [0.05, 0.1) is 0 Å². The van der Waals surface area contributed by atoms with Crippen molar-refractivity contribution in [3.05, 3.63) is 0 Å². The van der Waals surface area contributed by atoms with Crippen molar-refractivity contribution >= 4 is 5.97 Å². The van der Waals surface area contributed by atoms with Gasteiger partial charge in [0, 0.05) is 0 Å². The zero-order valence-corrected chi connectivity index (χ0v) is 7.58. The van der Waals surface area contributed by atoms with Crippen LogP contribution in [0.1, 0.15) is 32.1 Å². The Labute approximate surface area is 77.1 Å². The SMILES string of the molecule is NC(C(=O)O)C(F)C1CCCCC1. The van der Waals surface area contributed by atoms with Gasteiger partial charge in [0.1, 0.15) is 12.2 Å². The summed E-state index contributed by atoms with van der Waals surface area (Å²) in [6, 6.07) is -1.34. The summed E-state index contributed by atoms with van der Waals surface area (Å²) in [4.78, 5) is 10.4. The second kappa shape index (κ2) is 4.56. The summed E-state index contributed by atoms with van der Waals surface area (Å²) >= 11 is 0. The van der Waals surface area contributed by atoms with Crippen LogP contribution in [0, 0.1) is 5.92 Å². The van der Waals surface area contributed by atoms with Crippen LogP contribution in [0.5, 0.6) is 0 Å². The lowest BCUT2D eigenvalue weighted by Crippen LogP contribution is -2.43. The highest BCUT2D eigenvalue weighted by Gasteiger charge is 2.32. The molecular weight excluding hydrogens is 173 g/mol. The molecule has 3 N–H and O–H groups in total. The van der Waals surface area contributed by atoms with Crippen LogP contribution in [0.4, 0.5) is 4.39 Å². The Hall–Kier alpha value is -0.640. The molecule has 2 atom stereocenters. The van der Waals surface area contributed by atoms with Gasteiger partial charge in [-0.3, -0.25) is 4.79 Å². The van der Waals surface area contributed by atoms with Gasteiger partial charge in [0.15, 0.2) is 0 Å². The van der Waals surface area contributed by atoms with E-state index in [0.717, 1.165) is 32.1 Å². The summed E-state index contributed by atoms with van der Waals surface area (Å²) < 4.78 is 13.4. The van der Waals surface area contributed by atoms with E-state index in [1.807, 2.05) is 0 Å². The van der Waals surface area contributed by atoms with Crippen molar-refractivity contribution in [1.29, 1.82) is 0 Å². The Kier molecular flexibility index (Phi) is 3.66. The van der Waals surface area contributed by atoms with Gasteiger partial charge in [-0.25, -0.2) is 4.39 Å². The molecule has 0 saturated heterocycles. The van der Waals surface area contributed by atoms with Crippen molar-refractivity contribution in [2.45, 2.75) is 44.3 Å². The summed E-state index contributed by atoms with van der Waals surface area (Å²) in [7, 11) is 0. The van der Waals surface area contributed by atoms with Gasteiger partial charge < -0.3 is 10.8 Å². The molecule has 1 fully saturated rings. The molecule has 0 amide bonds. The van der Waals surface area contributed by atoms with E-state index >= 15 is 0 Å². The molecule has 0 bridgehead atoms. The molecular formula is C9H16FNO2. The number of carboxylic acid groups (broad SMARTS) is 1. The Bertz CT molecular complexity index is 180. The van der Waals surface area contributed by atoms with E-state index in [4.69, 9.17) is 10.8 Å². The van der Waals surface area contributed by atoms with Crippen LogP contribution in [0.15, 0.2) is 0 Å². The topological polar surface area (TPSA) is 63.3 Å². The highest BCUT2D eigenvalue weighted by molar-refractivity contribution is 5.73. The summed E-state index contributed by atoms with van der Waals surface area (Å²) in [6.45, 7) is 0. The molecule has 0 aromatic heterocycles. The van der Waals surface area contributed by atoms with E-state index in [0.29, 0.717) is 0 Å². The van der Waals surface area contributed by atoms with Crippen LogP contribution in [0.25, 0.3) is 0 Å². The van der Waals surface area contributed by atoms with Crippen LogP contribution < -0.4 is 5.73 Å². The van der Waals surface area contributed by atoms with E-state index in [1.165, 1.54) is 0 Å². The molecule has 4 heteroatoms. The normalized spacial score (nSPS) is 23.8. The maximum atomic E-state index is 13.4. The summed E-state index contributed by atoms with van der Waals surface area (Å²) in [6.07, 6.45) is 3.31. The minimum Gasteiger partial charge on any atom is -0.480 e. The van der Waals surface area contributed by atoms with Gasteiger partial charge in [-0.2, -0.15) is 0 Å². The number of aliphatic carboxylic acids is 1. The molecule has 0 spiro atoms. The molecule has 3 nitrogen and oxygen atoms in total. The zero-order valence-electron chi connectivity index (χ0n) is 7.58. The molecule has 0 aliphatic heterocycles. The number of carboxylic acids is 1. The molecule has 1 aliphatic carbocycles. The largest absolute Gasteiger partial charge is 0.480 e. The first kappa shape index (κ1) is 10.4. The lowest BCUT2D eigenvalue weighted by molar-refractivity contribution is -0.140. The van der Waals surface area contributed by atoms with Gasteiger partial charge in [-0.15, -0.1) is 0 Å². The predicted octanol–water partition coefficient (Wildman–Crippen LogP) is 1.32. The third-order valence-corrected chi connectivity index (χ3v) is 2.73. The second-order valence-electron chi connectivity index (χ2n) is 3.71. The summed E-state index contributed by atoms with van der Waals surface area (Å²) in [5.41, 5.74) is 5.22. The predicted molar refractivity (Wildman–Crippen MR) is 47.1 cm³/mol. The number of halogens is 1. The van der Waals surface area contributed by atoms with Crippen LogP contribution >= 0.6 is 0 Å². The molecule has 1 aliphatic rings. The molecule has 13 heavy (non-hydrogen) atoms. The van der Waals surface area contributed by atoms with Gasteiger partial charge >= 0.3 is 5.97 Å². The van der Waals surface area contributed by atoms with E-state index in [1.54, 1.807) is 0 Å². The van der Waals surface area contributed by atoms with Gasteiger partial charge in [0.25, 0.3) is 0 Å². The fraction of sp³-hybridized carbons (Fsp3) is 0.889. The van der Waals surface area contributed by atoms with Crippen molar-refractivity contribution in [1.82, 2.24) is 0 Å². The standard InChI is InChI=1S/C9H16FNO2/c10-7(8(11)9(12)13)6-4-2-1-3-5-6/h6-8H,1-5,11H2,(H,12,13). The molecule has 0 radical (unpaired) electrons. The first-order chi connectivity index (χ1) is 6.13. The third kappa shape index (κ3) is 2.66. The molecule has 1 rings (SSSR count). The highest BCUT2D eigenvalue weighted by Crippen LogP contribution is 2.29. The minimum absolute atomic E-state index is 0.139. The average Bonchev–Trinajstić information content (AvgIpc) is 2.17. The minimum atomic E-state index is -1.38. The molecule has 0 aromatic carbocycles. The van der Waals surface area contributed by atoms with Crippen molar-refractivity contribution in [2.75, 3.05) is 0 Å². The first-order valence-electron chi connectivity index (χ1n) is 4.75. The summed E-state index contributed by atoms with van der Waals surface area (Å²) in [5, 5.41) is 8.52. The van der Waals surface area contributed by atoms with Crippen LogP contribution in [-0.2, 0) is 4.79 Å². The zero-order chi connectivity index (χ0) is 9.84. The van der Waals surface area contributed by atoms with Gasteiger partial charge in [0.2, 0.25) is 0 Å². The Morgan fingerprint density at radius 3 is 2.38 bits per heavy atom. The fourth-order valence-electron chi connectivity index (χ4n) is 1.88.